The van der Waals surface area contributed by atoms with Crippen molar-refractivity contribution >= 4 is 11.7 Å². The van der Waals surface area contributed by atoms with Gasteiger partial charge in [0.25, 0.3) is 5.91 Å². The molecule has 31 heavy (non-hydrogen) atoms. The first-order valence-corrected chi connectivity index (χ1v) is 9.96. The number of furan rings is 1. The molecule has 1 aliphatic heterocycles. The first-order valence-electron chi connectivity index (χ1n) is 9.96. The van der Waals surface area contributed by atoms with Crippen LogP contribution >= 0.6 is 0 Å². The van der Waals surface area contributed by atoms with Crippen LogP contribution < -0.4 is 4.74 Å². The third-order valence-corrected chi connectivity index (χ3v) is 5.07. The normalized spacial score (nSPS) is 16.1. The molecule has 158 valence electrons. The molecule has 4 rings (SSSR count). The Bertz CT molecular complexity index is 1150. The third-order valence-electron chi connectivity index (χ3n) is 5.07. The van der Waals surface area contributed by atoms with Gasteiger partial charge in [0.15, 0.2) is 11.5 Å². The molecule has 0 radical (unpaired) electrons. The fourth-order valence-corrected chi connectivity index (χ4v) is 3.71. The second kappa shape index (κ2) is 8.47. The van der Waals surface area contributed by atoms with Crippen molar-refractivity contribution in [2.24, 2.45) is 0 Å². The quantitative estimate of drug-likeness (QED) is 0.579. The van der Waals surface area contributed by atoms with Crippen molar-refractivity contribution in [3.63, 3.8) is 0 Å². The molecule has 1 aromatic carbocycles. The highest BCUT2D eigenvalue weighted by Gasteiger charge is 2.44. The summed E-state index contributed by atoms with van der Waals surface area (Å²) in [5.74, 6) is -0.478. The number of ether oxygens (including phenoxy) is 1. The summed E-state index contributed by atoms with van der Waals surface area (Å²) in [5, 5.41) is 10.7. The Kier molecular flexibility index (Phi) is 5.58. The van der Waals surface area contributed by atoms with Crippen LogP contribution in [0.1, 0.15) is 40.4 Å². The molecule has 7 heteroatoms. The fraction of sp³-hybridized carbons (Fsp3) is 0.208. The predicted octanol–water partition coefficient (Wildman–Crippen LogP) is 4.16. The molecular formula is C24H22N2O5. The lowest BCUT2D eigenvalue weighted by Crippen LogP contribution is -2.30. The molecular weight excluding hydrogens is 396 g/mol. The molecule has 7 nitrogen and oxygen atoms in total. The van der Waals surface area contributed by atoms with Crippen molar-refractivity contribution in [2.45, 2.75) is 26.4 Å². The minimum Gasteiger partial charge on any atom is -0.503 e. The van der Waals surface area contributed by atoms with E-state index in [1.165, 1.54) is 4.90 Å². The van der Waals surface area contributed by atoms with E-state index in [-0.39, 0.29) is 17.9 Å². The lowest BCUT2D eigenvalue weighted by atomic mass is 9.94. The minimum atomic E-state index is -0.800. The zero-order valence-electron chi connectivity index (χ0n) is 17.2. The lowest BCUT2D eigenvalue weighted by molar-refractivity contribution is -0.130. The number of hydrogen-bond acceptors (Lipinski definition) is 6. The Labute approximate surface area is 179 Å². The Balaban J connectivity index is 1.80. The third kappa shape index (κ3) is 3.94. The van der Waals surface area contributed by atoms with Crippen LogP contribution in [0.25, 0.3) is 0 Å². The van der Waals surface area contributed by atoms with E-state index in [4.69, 9.17) is 9.15 Å². The number of aromatic nitrogens is 1. The number of carbonyl (C=O) groups is 2. The van der Waals surface area contributed by atoms with E-state index in [2.05, 4.69) is 4.98 Å². The van der Waals surface area contributed by atoms with E-state index in [1.807, 2.05) is 13.0 Å². The van der Waals surface area contributed by atoms with Gasteiger partial charge in [-0.1, -0.05) is 18.2 Å². The predicted molar refractivity (Wildman–Crippen MR) is 113 cm³/mol. The van der Waals surface area contributed by atoms with Crippen LogP contribution in [0, 0.1) is 6.92 Å². The number of amides is 1. The van der Waals surface area contributed by atoms with Gasteiger partial charge < -0.3 is 19.2 Å². The van der Waals surface area contributed by atoms with E-state index >= 15 is 0 Å². The molecule has 1 aliphatic rings. The van der Waals surface area contributed by atoms with Gasteiger partial charge in [0.2, 0.25) is 5.78 Å². The van der Waals surface area contributed by atoms with Crippen LogP contribution in [-0.2, 0) is 11.3 Å². The Morgan fingerprint density at radius 3 is 2.74 bits per heavy atom. The highest BCUT2D eigenvalue weighted by Crippen LogP contribution is 2.40. The molecule has 0 spiro atoms. The van der Waals surface area contributed by atoms with Gasteiger partial charge in [0, 0.05) is 18.9 Å². The number of Topliss-reactive ketones (excluding diaryl/α,β-unsaturated/α-hetero) is 1. The van der Waals surface area contributed by atoms with Gasteiger partial charge in [-0.15, -0.1) is 0 Å². The number of ketones is 1. The molecule has 1 N–H and O–H groups in total. The van der Waals surface area contributed by atoms with Crippen LogP contribution in [0.2, 0.25) is 0 Å². The van der Waals surface area contributed by atoms with Gasteiger partial charge >= 0.3 is 0 Å². The second-order valence-corrected chi connectivity index (χ2v) is 7.20. The average Bonchev–Trinajstić information content (AvgIpc) is 3.31. The molecule has 0 fully saturated rings. The summed E-state index contributed by atoms with van der Waals surface area (Å²) >= 11 is 0. The zero-order valence-corrected chi connectivity index (χ0v) is 17.2. The number of carbonyl (C=O) groups excluding carboxylic acids is 2. The van der Waals surface area contributed by atoms with E-state index < -0.39 is 23.5 Å². The second-order valence-electron chi connectivity index (χ2n) is 7.20. The van der Waals surface area contributed by atoms with E-state index in [0.717, 1.165) is 5.56 Å². The summed E-state index contributed by atoms with van der Waals surface area (Å²) < 4.78 is 11.1. The monoisotopic (exact) mass is 418 g/mol. The maximum Gasteiger partial charge on any atom is 0.290 e. The summed E-state index contributed by atoms with van der Waals surface area (Å²) in [5.41, 5.74) is 1.41. The summed E-state index contributed by atoms with van der Waals surface area (Å²) in [6.45, 7) is 4.25. The van der Waals surface area contributed by atoms with E-state index in [0.29, 0.717) is 23.7 Å². The SMILES string of the molecule is CCOc1cccc([C@H]2C(C(=O)c3ccc(C)o3)=C(O)C(=O)N2Cc2cccnc2)c1. The molecule has 3 heterocycles. The molecule has 0 unspecified atom stereocenters. The van der Waals surface area contributed by atoms with Gasteiger partial charge in [-0.25, -0.2) is 0 Å². The van der Waals surface area contributed by atoms with E-state index in [1.54, 1.807) is 61.8 Å². The number of benzene rings is 1. The van der Waals surface area contributed by atoms with Gasteiger partial charge in [0.05, 0.1) is 18.2 Å². The molecule has 1 amide bonds. The topological polar surface area (TPSA) is 92.9 Å². The molecule has 3 aromatic rings. The van der Waals surface area contributed by atoms with Crippen molar-refractivity contribution in [1.82, 2.24) is 9.88 Å². The van der Waals surface area contributed by atoms with Crippen molar-refractivity contribution in [1.29, 1.82) is 0 Å². The number of aryl methyl sites for hydroxylation is 1. The summed E-state index contributed by atoms with van der Waals surface area (Å²) in [7, 11) is 0. The molecule has 2 aromatic heterocycles. The standard InChI is InChI=1S/C24H22N2O5/c1-3-30-18-8-4-7-17(12-18)21-20(22(27)19-10-9-15(2)31-19)23(28)24(29)26(21)14-16-6-5-11-25-13-16/h4-13,21,28H,3,14H2,1-2H3/t21-/m0/s1. The van der Waals surface area contributed by atoms with Gasteiger partial charge in [-0.3, -0.25) is 14.6 Å². The van der Waals surface area contributed by atoms with Crippen molar-refractivity contribution < 1.29 is 23.8 Å². The number of aliphatic hydroxyl groups is 1. The molecule has 0 saturated heterocycles. The van der Waals surface area contributed by atoms with Crippen molar-refractivity contribution in [2.75, 3.05) is 6.61 Å². The molecule has 1 atom stereocenters. The largest absolute Gasteiger partial charge is 0.503 e. The summed E-state index contributed by atoms with van der Waals surface area (Å²) in [4.78, 5) is 31.9. The minimum absolute atomic E-state index is 0.0168. The van der Waals surface area contributed by atoms with Crippen LogP contribution in [0.3, 0.4) is 0 Å². The highest BCUT2D eigenvalue weighted by molar-refractivity contribution is 6.15. The van der Waals surface area contributed by atoms with Crippen LogP contribution in [0.5, 0.6) is 5.75 Å². The fourth-order valence-electron chi connectivity index (χ4n) is 3.71. The molecule has 0 saturated carbocycles. The highest BCUT2D eigenvalue weighted by atomic mass is 16.5. The molecule has 0 aliphatic carbocycles. The summed E-state index contributed by atoms with van der Waals surface area (Å²) in [6.07, 6.45) is 3.29. The van der Waals surface area contributed by atoms with Gasteiger partial charge in [-0.05, 0) is 55.3 Å². The number of pyridine rings is 1. The zero-order chi connectivity index (χ0) is 22.0. The maximum atomic E-state index is 13.3. The van der Waals surface area contributed by atoms with Gasteiger partial charge in [-0.2, -0.15) is 0 Å². The number of aliphatic hydroxyl groups excluding tert-OH is 1. The Morgan fingerprint density at radius 2 is 2.06 bits per heavy atom. The number of rotatable bonds is 7. The first-order chi connectivity index (χ1) is 15.0. The van der Waals surface area contributed by atoms with Gasteiger partial charge in [0.1, 0.15) is 11.5 Å². The lowest BCUT2D eigenvalue weighted by Gasteiger charge is -2.27. The maximum absolute atomic E-state index is 13.3. The smallest absolute Gasteiger partial charge is 0.290 e. The van der Waals surface area contributed by atoms with Crippen LogP contribution in [-0.4, -0.2) is 33.3 Å². The van der Waals surface area contributed by atoms with Crippen LogP contribution in [0.4, 0.5) is 0 Å². The first kappa shape index (κ1) is 20.4. The number of hydrogen-bond donors (Lipinski definition) is 1. The van der Waals surface area contributed by atoms with Crippen molar-refractivity contribution in [3.8, 4) is 5.75 Å². The Hall–Kier alpha value is -3.87. The summed E-state index contributed by atoms with van der Waals surface area (Å²) in [6, 6.07) is 13.2. The average molecular weight is 418 g/mol. The van der Waals surface area contributed by atoms with Crippen LogP contribution in [0.15, 0.2) is 76.7 Å². The van der Waals surface area contributed by atoms with E-state index in [9.17, 15) is 14.7 Å². The molecule has 0 bridgehead atoms. The number of nitrogens with zero attached hydrogens (tertiary/aromatic N) is 2. The van der Waals surface area contributed by atoms with Crippen molar-refractivity contribution in [3.05, 3.63) is 94.9 Å². The Morgan fingerprint density at radius 1 is 1.23 bits per heavy atom.